The third kappa shape index (κ3) is 4.23. The Hall–Kier alpha value is -0.120. The first kappa shape index (κ1) is 13.3. The number of ether oxygens (including phenoxy) is 1. The van der Waals surface area contributed by atoms with E-state index in [1.807, 2.05) is 7.11 Å². The monoisotopic (exact) mass is 240 g/mol. The lowest BCUT2D eigenvalue weighted by molar-refractivity contribution is 0.0981. The summed E-state index contributed by atoms with van der Waals surface area (Å²) in [6.07, 6.45) is 5.62. The molecule has 0 radical (unpaired) electrons. The second kappa shape index (κ2) is 6.72. The number of methoxy groups -OCH3 is 1. The maximum Gasteiger partial charge on any atom is 0.0589 e. The number of nitrogens with zero attached hydrogens (tertiary/aromatic N) is 1. The van der Waals surface area contributed by atoms with E-state index in [2.05, 4.69) is 17.1 Å². The van der Waals surface area contributed by atoms with Crippen LogP contribution in [0.5, 0.6) is 0 Å². The molecule has 0 bridgehead atoms. The van der Waals surface area contributed by atoms with Crippen LogP contribution in [-0.2, 0) is 4.74 Å². The Morgan fingerprint density at radius 2 is 2.18 bits per heavy atom. The van der Waals surface area contributed by atoms with Gasteiger partial charge in [-0.2, -0.15) is 0 Å². The quantitative estimate of drug-likeness (QED) is 0.733. The van der Waals surface area contributed by atoms with E-state index in [1.165, 1.54) is 45.3 Å². The maximum absolute atomic E-state index is 5.25. The minimum absolute atomic E-state index is 0.757. The third-order valence-electron chi connectivity index (χ3n) is 4.35. The predicted molar refractivity (Wildman–Crippen MR) is 71.2 cm³/mol. The van der Waals surface area contributed by atoms with Crippen LogP contribution < -0.4 is 5.32 Å². The fraction of sp³-hybridized carbons (Fsp3) is 1.00. The summed E-state index contributed by atoms with van der Waals surface area (Å²) in [6.45, 7) is 8.06. The molecule has 0 amide bonds. The number of piperidine rings is 1. The van der Waals surface area contributed by atoms with Crippen LogP contribution >= 0.6 is 0 Å². The van der Waals surface area contributed by atoms with Gasteiger partial charge in [-0.3, -0.25) is 4.90 Å². The molecule has 1 saturated heterocycles. The second-order valence-corrected chi connectivity index (χ2v) is 5.78. The molecule has 0 aromatic carbocycles. The van der Waals surface area contributed by atoms with Crippen molar-refractivity contribution in [3.63, 3.8) is 0 Å². The summed E-state index contributed by atoms with van der Waals surface area (Å²) in [6, 6.07) is 0.757. The SMILES string of the molecule is COCCN(CC1CCCNC1)C(C)C1CC1. The van der Waals surface area contributed by atoms with Gasteiger partial charge >= 0.3 is 0 Å². The van der Waals surface area contributed by atoms with Crippen LogP contribution in [0.1, 0.15) is 32.6 Å². The van der Waals surface area contributed by atoms with Gasteiger partial charge in [0.1, 0.15) is 0 Å². The van der Waals surface area contributed by atoms with Gasteiger partial charge in [0, 0.05) is 26.2 Å². The lowest BCUT2D eigenvalue weighted by atomic mass is 9.98. The van der Waals surface area contributed by atoms with Gasteiger partial charge < -0.3 is 10.1 Å². The molecular weight excluding hydrogens is 212 g/mol. The molecule has 3 heteroatoms. The zero-order valence-electron chi connectivity index (χ0n) is 11.5. The highest BCUT2D eigenvalue weighted by molar-refractivity contribution is 4.86. The number of rotatable bonds is 7. The summed E-state index contributed by atoms with van der Waals surface area (Å²) in [5.74, 6) is 1.81. The van der Waals surface area contributed by atoms with Crippen LogP contribution in [0.15, 0.2) is 0 Å². The molecule has 2 atom stereocenters. The first-order chi connectivity index (χ1) is 8.31. The molecule has 2 unspecified atom stereocenters. The topological polar surface area (TPSA) is 24.5 Å². The Morgan fingerprint density at radius 1 is 1.35 bits per heavy atom. The largest absolute Gasteiger partial charge is 0.383 e. The third-order valence-corrected chi connectivity index (χ3v) is 4.35. The van der Waals surface area contributed by atoms with Crippen molar-refractivity contribution in [1.29, 1.82) is 0 Å². The van der Waals surface area contributed by atoms with E-state index in [0.29, 0.717) is 0 Å². The highest BCUT2D eigenvalue weighted by Crippen LogP contribution is 2.35. The zero-order valence-corrected chi connectivity index (χ0v) is 11.5. The fourth-order valence-corrected chi connectivity index (χ4v) is 2.96. The van der Waals surface area contributed by atoms with E-state index >= 15 is 0 Å². The van der Waals surface area contributed by atoms with Gasteiger partial charge in [-0.25, -0.2) is 0 Å². The summed E-state index contributed by atoms with van der Waals surface area (Å²) in [5, 5.41) is 3.52. The van der Waals surface area contributed by atoms with Crippen molar-refractivity contribution in [2.75, 3.05) is 39.9 Å². The van der Waals surface area contributed by atoms with Crippen molar-refractivity contribution in [2.45, 2.75) is 38.6 Å². The van der Waals surface area contributed by atoms with Crippen molar-refractivity contribution < 1.29 is 4.74 Å². The van der Waals surface area contributed by atoms with E-state index in [0.717, 1.165) is 31.0 Å². The number of hydrogen-bond acceptors (Lipinski definition) is 3. The fourth-order valence-electron chi connectivity index (χ4n) is 2.96. The van der Waals surface area contributed by atoms with Crippen LogP contribution in [0.2, 0.25) is 0 Å². The molecule has 2 fully saturated rings. The average Bonchev–Trinajstić information content (AvgIpc) is 3.19. The summed E-state index contributed by atoms with van der Waals surface area (Å²) >= 11 is 0. The molecule has 100 valence electrons. The lowest BCUT2D eigenvalue weighted by Gasteiger charge is -2.34. The lowest BCUT2D eigenvalue weighted by Crippen LogP contribution is -2.44. The highest BCUT2D eigenvalue weighted by Gasteiger charge is 2.32. The normalized spacial score (nSPS) is 27.4. The first-order valence-electron chi connectivity index (χ1n) is 7.25. The molecule has 0 aromatic rings. The molecule has 1 N–H and O–H groups in total. The second-order valence-electron chi connectivity index (χ2n) is 5.78. The van der Waals surface area contributed by atoms with Crippen LogP contribution in [0, 0.1) is 11.8 Å². The van der Waals surface area contributed by atoms with Crippen molar-refractivity contribution in [2.24, 2.45) is 11.8 Å². The molecule has 2 aliphatic rings. The van der Waals surface area contributed by atoms with Gasteiger partial charge in [0.2, 0.25) is 0 Å². The van der Waals surface area contributed by atoms with Crippen molar-refractivity contribution in [3.05, 3.63) is 0 Å². The van der Waals surface area contributed by atoms with E-state index in [1.54, 1.807) is 0 Å². The molecule has 1 aliphatic carbocycles. The Labute approximate surface area is 106 Å². The molecule has 0 aromatic heterocycles. The Balaban J connectivity index is 1.80. The van der Waals surface area contributed by atoms with Crippen LogP contribution in [0.4, 0.5) is 0 Å². The van der Waals surface area contributed by atoms with Gasteiger partial charge in [-0.05, 0) is 57.5 Å². The summed E-state index contributed by atoms with van der Waals surface area (Å²) < 4.78 is 5.25. The number of nitrogens with one attached hydrogen (secondary N) is 1. The number of hydrogen-bond donors (Lipinski definition) is 1. The van der Waals surface area contributed by atoms with Gasteiger partial charge in [0.05, 0.1) is 6.61 Å². The molecule has 1 saturated carbocycles. The molecule has 2 rings (SSSR count). The Bertz CT molecular complexity index is 212. The van der Waals surface area contributed by atoms with Gasteiger partial charge in [-0.15, -0.1) is 0 Å². The molecule has 0 spiro atoms. The van der Waals surface area contributed by atoms with Crippen molar-refractivity contribution in [1.82, 2.24) is 10.2 Å². The predicted octanol–water partition coefficient (Wildman–Crippen LogP) is 1.73. The van der Waals surface area contributed by atoms with Crippen LogP contribution in [0.25, 0.3) is 0 Å². The van der Waals surface area contributed by atoms with Gasteiger partial charge in [0.25, 0.3) is 0 Å². The van der Waals surface area contributed by atoms with Crippen molar-refractivity contribution in [3.8, 4) is 0 Å². The van der Waals surface area contributed by atoms with Crippen molar-refractivity contribution >= 4 is 0 Å². The smallest absolute Gasteiger partial charge is 0.0589 e. The Morgan fingerprint density at radius 3 is 2.76 bits per heavy atom. The minimum Gasteiger partial charge on any atom is -0.383 e. The Kier molecular flexibility index (Phi) is 5.26. The summed E-state index contributed by atoms with van der Waals surface area (Å²) in [5.41, 5.74) is 0. The molecule has 3 nitrogen and oxygen atoms in total. The highest BCUT2D eigenvalue weighted by atomic mass is 16.5. The summed E-state index contributed by atoms with van der Waals surface area (Å²) in [4.78, 5) is 2.67. The van der Waals surface area contributed by atoms with Crippen LogP contribution in [0.3, 0.4) is 0 Å². The summed E-state index contributed by atoms with van der Waals surface area (Å²) in [7, 11) is 1.81. The first-order valence-corrected chi connectivity index (χ1v) is 7.25. The van der Waals surface area contributed by atoms with Crippen LogP contribution in [-0.4, -0.2) is 50.8 Å². The van der Waals surface area contributed by atoms with E-state index in [9.17, 15) is 0 Å². The molecule has 1 aliphatic heterocycles. The zero-order chi connectivity index (χ0) is 12.1. The van der Waals surface area contributed by atoms with E-state index < -0.39 is 0 Å². The van der Waals surface area contributed by atoms with E-state index in [4.69, 9.17) is 4.74 Å². The van der Waals surface area contributed by atoms with Gasteiger partial charge in [-0.1, -0.05) is 0 Å². The van der Waals surface area contributed by atoms with E-state index in [-0.39, 0.29) is 0 Å². The molecule has 17 heavy (non-hydrogen) atoms. The average molecular weight is 240 g/mol. The maximum atomic E-state index is 5.25. The molecular formula is C14H28N2O. The minimum atomic E-state index is 0.757. The molecule has 1 heterocycles. The van der Waals surface area contributed by atoms with Gasteiger partial charge in [0.15, 0.2) is 0 Å². The standard InChI is InChI=1S/C14H28N2O/c1-12(14-5-6-14)16(8-9-17-2)11-13-4-3-7-15-10-13/h12-15H,3-11H2,1-2H3.